The number of hydrogen-bond donors (Lipinski definition) is 2. The number of aromatic nitrogens is 3. The number of benzene rings is 2. The van der Waals surface area contributed by atoms with Crippen molar-refractivity contribution < 1.29 is 19.2 Å². The molecule has 2 aromatic carbocycles. The summed E-state index contributed by atoms with van der Waals surface area (Å²) in [6, 6.07) is 20.2. The number of carbonyl (C=O) groups excluding carboxylic acids is 4. The number of amides is 3. The lowest BCUT2D eigenvalue weighted by atomic mass is 10.0. The van der Waals surface area contributed by atoms with E-state index in [1.807, 2.05) is 30.3 Å². The Morgan fingerprint density at radius 2 is 1.74 bits per heavy atom. The first kappa shape index (κ1) is 24.6. The van der Waals surface area contributed by atoms with Gasteiger partial charge in [0.2, 0.25) is 5.78 Å². The Morgan fingerprint density at radius 1 is 0.974 bits per heavy atom. The van der Waals surface area contributed by atoms with Crippen LogP contribution >= 0.6 is 0 Å². The number of nitrogens with one attached hydrogen (secondary N) is 1. The third-order valence-electron chi connectivity index (χ3n) is 6.29. The molecule has 0 fully saturated rings. The van der Waals surface area contributed by atoms with Gasteiger partial charge in [-0.25, -0.2) is 9.67 Å². The summed E-state index contributed by atoms with van der Waals surface area (Å²) in [5.74, 6) is -2.46. The van der Waals surface area contributed by atoms with Crippen LogP contribution < -0.4 is 11.1 Å². The second-order valence-corrected chi connectivity index (χ2v) is 8.89. The normalized spacial score (nSPS) is 13.2. The average molecular weight is 509 g/mol. The highest BCUT2D eigenvalue weighted by Gasteiger charge is 2.29. The minimum atomic E-state index is -1.15. The van der Waals surface area contributed by atoms with Crippen LogP contribution in [0, 0.1) is 0 Å². The maximum absolute atomic E-state index is 13.3. The molecule has 3 N–H and O–H groups in total. The van der Waals surface area contributed by atoms with E-state index in [2.05, 4.69) is 15.4 Å². The largest absolute Gasteiger partial charge is 0.363 e. The maximum Gasteiger partial charge on any atom is 0.287 e. The molecule has 1 unspecified atom stereocenters. The van der Waals surface area contributed by atoms with E-state index in [0.29, 0.717) is 24.3 Å². The highest BCUT2D eigenvalue weighted by Crippen LogP contribution is 2.24. The summed E-state index contributed by atoms with van der Waals surface area (Å²) in [5, 5.41) is 7.16. The number of Topliss-reactive ketones (excluding diaryl/α,β-unsaturated/α-hetero) is 1. The van der Waals surface area contributed by atoms with Crippen molar-refractivity contribution in [2.75, 3.05) is 0 Å². The number of carbonyl (C=O) groups is 4. The van der Waals surface area contributed by atoms with Crippen LogP contribution in [0.25, 0.3) is 5.82 Å². The molecule has 5 rings (SSSR count). The standard InChI is InChI=1S/C28H24N6O4/c29-25(36)24(35)23(15-18-7-2-1-3-8-18)31-27(37)22-11-6-13-30-26(22)34-14-12-20(32-34)17-33-16-19-9-4-5-10-21(19)28(33)38/h1-14,23H,15-17H2,(H2,29,36)(H,31,37). The molecule has 0 radical (unpaired) electrons. The van der Waals surface area contributed by atoms with Gasteiger partial charge in [0.15, 0.2) is 5.82 Å². The third-order valence-corrected chi connectivity index (χ3v) is 6.29. The molecule has 0 aliphatic carbocycles. The fourth-order valence-corrected chi connectivity index (χ4v) is 4.43. The number of primary amides is 1. The molecule has 4 aromatic rings. The number of nitrogens with two attached hydrogens (primary N) is 1. The Bertz CT molecular complexity index is 1530. The minimum absolute atomic E-state index is 0.0587. The van der Waals surface area contributed by atoms with Crippen molar-refractivity contribution >= 4 is 23.5 Å². The molecule has 1 aliphatic heterocycles. The predicted molar refractivity (Wildman–Crippen MR) is 137 cm³/mol. The zero-order valence-electron chi connectivity index (χ0n) is 20.3. The van der Waals surface area contributed by atoms with Crippen LogP contribution in [0.4, 0.5) is 0 Å². The van der Waals surface area contributed by atoms with Crippen molar-refractivity contribution in [2.24, 2.45) is 5.73 Å². The van der Waals surface area contributed by atoms with Crippen LogP contribution in [-0.4, -0.2) is 49.2 Å². The summed E-state index contributed by atoms with van der Waals surface area (Å²) >= 11 is 0. The first-order valence-electron chi connectivity index (χ1n) is 12.0. The molecule has 0 saturated carbocycles. The molecule has 1 atom stereocenters. The van der Waals surface area contributed by atoms with Gasteiger partial charge < -0.3 is 16.0 Å². The van der Waals surface area contributed by atoms with Crippen LogP contribution in [0.15, 0.2) is 85.2 Å². The van der Waals surface area contributed by atoms with Crippen LogP contribution in [0.1, 0.15) is 37.5 Å². The number of ketones is 1. The Morgan fingerprint density at radius 3 is 2.50 bits per heavy atom. The van der Waals surface area contributed by atoms with Gasteiger partial charge in [-0.3, -0.25) is 19.2 Å². The topological polar surface area (TPSA) is 140 Å². The van der Waals surface area contributed by atoms with Gasteiger partial charge in [-0.1, -0.05) is 48.5 Å². The van der Waals surface area contributed by atoms with Crippen LogP contribution in [0.3, 0.4) is 0 Å². The zero-order valence-corrected chi connectivity index (χ0v) is 20.3. The van der Waals surface area contributed by atoms with E-state index in [4.69, 9.17) is 5.73 Å². The van der Waals surface area contributed by atoms with Crippen molar-refractivity contribution in [3.8, 4) is 5.82 Å². The average Bonchev–Trinajstić information content (AvgIpc) is 3.53. The molecule has 0 bridgehead atoms. The maximum atomic E-state index is 13.3. The molecule has 3 heterocycles. The van der Waals surface area contributed by atoms with Crippen LogP contribution in [0.5, 0.6) is 0 Å². The minimum Gasteiger partial charge on any atom is -0.363 e. The van der Waals surface area contributed by atoms with Gasteiger partial charge in [0.1, 0.15) is 6.04 Å². The van der Waals surface area contributed by atoms with Crippen molar-refractivity contribution in [1.29, 1.82) is 0 Å². The monoisotopic (exact) mass is 508 g/mol. The van der Waals surface area contributed by atoms with E-state index in [1.165, 1.54) is 10.9 Å². The lowest BCUT2D eigenvalue weighted by molar-refractivity contribution is -0.137. The van der Waals surface area contributed by atoms with Crippen molar-refractivity contribution in [3.63, 3.8) is 0 Å². The Balaban J connectivity index is 1.34. The molecule has 2 aromatic heterocycles. The quantitative estimate of drug-likeness (QED) is 0.331. The highest BCUT2D eigenvalue weighted by atomic mass is 16.2. The van der Waals surface area contributed by atoms with E-state index in [0.717, 1.165) is 11.1 Å². The molecular formula is C28H24N6O4. The van der Waals surface area contributed by atoms with E-state index < -0.39 is 23.6 Å². The molecule has 38 heavy (non-hydrogen) atoms. The fraction of sp³-hybridized carbons (Fsp3) is 0.143. The lowest BCUT2D eigenvalue weighted by Crippen LogP contribution is -2.47. The van der Waals surface area contributed by atoms with Crippen molar-refractivity contribution in [3.05, 3.63) is 113 Å². The number of fused-ring (bicyclic) bond motifs is 1. The van der Waals surface area contributed by atoms with E-state index in [9.17, 15) is 19.2 Å². The van der Waals surface area contributed by atoms with Crippen molar-refractivity contribution in [1.82, 2.24) is 25.0 Å². The lowest BCUT2D eigenvalue weighted by Gasteiger charge is -2.17. The number of pyridine rings is 1. The van der Waals surface area contributed by atoms with E-state index in [-0.39, 0.29) is 23.7 Å². The van der Waals surface area contributed by atoms with Crippen LogP contribution in [-0.2, 0) is 29.1 Å². The summed E-state index contributed by atoms with van der Waals surface area (Å²) in [5.41, 5.74) is 8.43. The highest BCUT2D eigenvalue weighted by molar-refractivity contribution is 6.38. The van der Waals surface area contributed by atoms with Gasteiger partial charge in [0.25, 0.3) is 17.7 Å². The number of nitrogens with zero attached hydrogens (tertiary/aromatic N) is 4. The molecule has 190 valence electrons. The summed E-state index contributed by atoms with van der Waals surface area (Å²) in [6.45, 7) is 0.789. The van der Waals surface area contributed by atoms with Crippen LogP contribution in [0.2, 0.25) is 0 Å². The molecule has 0 saturated heterocycles. The summed E-state index contributed by atoms with van der Waals surface area (Å²) < 4.78 is 1.44. The molecular weight excluding hydrogens is 484 g/mol. The zero-order chi connectivity index (χ0) is 26.6. The Labute approximate surface area is 218 Å². The summed E-state index contributed by atoms with van der Waals surface area (Å²) in [4.78, 5) is 56.1. The SMILES string of the molecule is NC(=O)C(=O)C(Cc1ccccc1)NC(=O)c1cccnc1-n1ccc(CN2Cc3ccccc3C2=O)n1. The van der Waals surface area contributed by atoms with E-state index >= 15 is 0 Å². The molecule has 10 nitrogen and oxygen atoms in total. The fourth-order valence-electron chi connectivity index (χ4n) is 4.43. The van der Waals surface area contributed by atoms with Crippen molar-refractivity contribution in [2.45, 2.75) is 25.6 Å². The van der Waals surface area contributed by atoms with Gasteiger partial charge in [0.05, 0.1) is 17.8 Å². The first-order valence-corrected chi connectivity index (χ1v) is 12.0. The number of rotatable bonds is 9. The number of hydrogen-bond acceptors (Lipinski definition) is 6. The Hall–Kier alpha value is -5.12. The first-order chi connectivity index (χ1) is 18.4. The van der Waals surface area contributed by atoms with Gasteiger partial charge >= 0.3 is 0 Å². The molecule has 0 spiro atoms. The second-order valence-electron chi connectivity index (χ2n) is 8.89. The summed E-state index contributed by atoms with van der Waals surface area (Å²) in [6.07, 6.45) is 3.27. The van der Waals surface area contributed by atoms with Gasteiger partial charge in [-0.15, -0.1) is 0 Å². The second kappa shape index (κ2) is 10.5. The predicted octanol–water partition coefficient (Wildman–Crippen LogP) is 1.82. The van der Waals surface area contributed by atoms with Gasteiger partial charge in [-0.2, -0.15) is 5.10 Å². The molecule has 1 aliphatic rings. The Kier molecular flexibility index (Phi) is 6.77. The smallest absolute Gasteiger partial charge is 0.287 e. The molecule has 10 heteroatoms. The van der Waals surface area contributed by atoms with Gasteiger partial charge in [0, 0.05) is 30.9 Å². The van der Waals surface area contributed by atoms with E-state index in [1.54, 1.807) is 53.6 Å². The third kappa shape index (κ3) is 5.05. The summed E-state index contributed by atoms with van der Waals surface area (Å²) in [7, 11) is 0. The molecule has 3 amide bonds. The van der Waals surface area contributed by atoms with Gasteiger partial charge in [-0.05, 0) is 35.4 Å².